The van der Waals surface area contributed by atoms with Gasteiger partial charge in [0.15, 0.2) is 5.75 Å². The van der Waals surface area contributed by atoms with E-state index in [1.165, 1.54) is 38.3 Å². The van der Waals surface area contributed by atoms with E-state index in [-0.39, 0.29) is 16.8 Å². The number of carbonyl (C=O) groups excluding carboxylic acids is 1. The average Bonchev–Trinajstić information content (AvgIpc) is 2.94. The molecule has 3 aromatic heterocycles. The molecule has 1 N–H and O–H groups in total. The Morgan fingerprint density at radius 1 is 1.00 bits per heavy atom. The second-order valence-corrected chi connectivity index (χ2v) is 8.66. The zero-order valence-electron chi connectivity index (χ0n) is 21.2. The predicted octanol–water partition coefficient (Wildman–Crippen LogP) is 6.35. The van der Waals surface area contributed by atoms with Crippen molar-refractivity contribution in [2.75, 3.05) is 12.4 Å². The number of halogens is 3. The normalized spacial score (nSPS) is 11.1. The van der Waals surface area contributed by atoms with Gasteiger partial charge in [0.1, 0.15) is 28.4 Å². The molecule has 5 rings (SSSR count). The van der Waals surface area contributed by atoms with Crippen molar-refractivity contribution in [2.45, 2.75) is 13.5 Å². The van der Waals surface area contributed by atoms with Gasteiger partial charge in [-0.3, -0.25) is 19.1 Å². The van der Waals surface area contributed by atoms with E-state index < -0.39 is 29.3 Å². The van der Waals surface area contributed by atoms with Gasteiger partial charge in [-0.25, -0.2) is 9.37 Å². The lowest BCUT2D eigenvalue weighted by molar-refractivity contribution is 0.0673. The van der Waals surface area contributed by atoms with E-state index >= 15 is 0 Å². The minimum Gasteiger partial charge on any atom is -0.495 e. The third-order valence-electron chi connectivity index (χ3n) is 6.17. The number of fused-ring (bicyclic) bond motifs is 1. The smallest absolute Gasteiger partial charge is 0.318 e. The first-order chi connectivity index (χ1) is 19.2. The van der Waals surface area contributed by atoms with E-state index in [1.807, 2.05) is 0 Å². The minimum absolute atomic E-state index is 0.0544. The summed E-state index contributed by atoms with van der Waals surface area (Å²) in [4.78, 5) is 34.9. The molecule has 2 aromatic carbocycles. The van der Waals surface area contributed by atoms with Gasteiger partial charge in [-0.2, -0.15) is 8.78 Å². The van der Waals surface area contributed by atoms with Gasteiger partial charge in [0.2, 0.25) is 5.43 Å². The van der Waals surface area contributed by atoms with Gasteiger partial charge in [-0.05, 0) is 48.9 Å². The summed E-state index contributed by atoms with van der Waals surface area (Å²) in [5, 5.41) is 2.56. The van der Waals surface area contributed by atoms with Crippen molar-refractivity contribution in [3.63, 3.8) is 0 Å². The maximum absolute atomic E-state index is 13.8. The summed E-state index contributed by atoms with van der Waals surface area (Å²) in [5.74, 6) is -0.00165. The van der Waals surface area contributed by atoms with E-state index in [4.69, 9.17) is 9.47 Å². The summed E-state index contributed by atoms with van der Waals surface area (Å²) in [7, 11) is 1.53. The lowest BCUT2D eigenvalue weighted by Gasteiger charge is -2.16. The topological polar surface area (TPSA) is 95.3 Å². The van der Waals surface area contributed by atoms with Gasteiger partial charge < -0.3 is 14.8 Å². The molecule has 11 heteroatoms. The molecule has 0 fully saturated rings. The van der Waals surface area contributed by atoms with Crippen LogP contribution in [0.2, 0.25) is 0 Å². The molecule has 40 heavy (non-hydrogen) atoms. The second kappa shape index (κ2) is 10.9. The molecule has 3 heterocycles. The standard InChI is InChI=1S/C29H21F3N4O4/c1-16-25(17-3-5-18(30)6-4-17)27(37)22(15-36(16)29(31)32)28(38)35-19-7-9-20(10-8-19)40-24-11-12-33-23-13-21(39-2)14-34-26(23)24/h3-15,29H,1-2H3,(H,35,38). The highest BCUT2D eigenvalue weighted by molar-refractivity contribution is 6.04. The fourth-order valence-electron chi connectivity index (χ4n) is 4.16. The maximum atomic E-state index is 13.8. The van der Waals surface area contributed by atoms with Crippen LogP contribution < -0.4 is 20.2 Å². The van der Waals surface area contributed by atoms with Crippen LogP contribution in [-0.4, -0.2) is 27.6 Å². The fourth-order valence-corrected chi connectivity index (χ4v) is 4.16. The fraction of sp³-hybridized carbons (Fsp3) is 0.103. The van der Waals surface area contributed by atoms with Crippen molar-refractivity contribution in [2.24, 2.45) is 0 Å². The van der Waals surface area contributed by atoms with Crippen molar-refractivity contribution in [1.82, 2.24) is 14.5 Å². The number of anilines is 1. The number of rotatable bonds is 7. The Morgan fingerprint density at radius 3 is 2.40 bits per heavy atom. The average molecular weight is 547 g/mol. The Bertz CT molecular complexity index is 1770. The minimum atomic E-state index is -3.01. The van der Waals surface area contributed by atoms with Crippen LogP contribution in [0.4, 0.5) is 18.9 Å². The molecular weight excluding hydrogens is 525 g/mol. The first kappa shape index (κ1) is 26.4. The number of carbonyl (C=O) groups is 1. The van der Waals surface area contributed by atoms with Gasteiger partial charge >= 0.3 is 6.55 Å². The number of aromatic nitrogens is 3. The number of ether oxygens (including phenoxy) is 2. The highest BCUT2D eigenvalue weighted by atomic mass is 19.3. The van der Waals surface area contributed by atoms with Gasteiger partial charge in [-0.15, -0.1) is 0 Å². The second-order valence-electron chi connectivity index (χ2n) is 8.66. The van der Waals surface area contributed by atoms with Crippen LogP contribution >= 0.6 is 0 Å². The van der Waals surface area contributed by atoms with Crippen molar-refractivity contribution in [3.05, 3.63) is 107 Å². The van der Waals surface area contributed by atoms with Gasteiger partial charge in [0.25, 0.3) is 5.91 Å². The van der Waals surface area contributed by atoms with E-state index in [0.29, 0.717) is 38.5 Å². The monoisotopic (exact) mass is 546 g/mol. The number of benzene rings is 2. The molecule has 0 aliphatic rings. The summed E-state index contributed by atoms with van der Waals surface area (Å²) in [6.45, 7) is -1.67. The van der Waals surface area contributed by atoms with Crippen LogP contribution in [-0.2, 0) is 0 Å². The zero-order valence-corrected chi connectivity index (χ0v) is 21.2. The molecule has 0 saturated carbocycles. The number of hydrogen-bond acceptors (Lipinski definition) is 6. The Kier molecular flexibility index (Phi) is 7.19. The highest BCUT2D eigenvalue weighted by Crippen LogP contribution is 2.30. The molecule has 0 unspecified atom stereocenters. The summed E-state index contributed by atoms with van der Waals surface area (Å²) >= 11 is 0. The van der Waals surface area contributed by atoms with Crippen molar-refractivity contribution >= 4 is 22.6 Å². The van der Waals surface area contributed by atoms with E-state index in [1.54, 1.807) is 36.7 Å². The van der Waals surface area contributed by atoms with Crippen LogP contribution in [0.25, 0.3) is 22.2 Å². The number of methoxy groups -OCH3 is 1. The van der Waals surface area contributed by atoms with Crippen molar-refractivity contribution in [1.29, 1.82) is 0 Å². The first-order valence-corrected chi connectivity index (χ1v) is 11.9. The Labute approximate surface area is 225 Å². The van der Waals surface area contributed by atoms with E-state index in [0.717, 1.165) is 18.3 Å². The number of nitrogens with one attached hydrogen (secondary N) is 1. The number of hydrogen-bond donors (Lipinski definition) is 1. The van der Waals surface area contributed by atoms with Crippen LogP contribution in [0.15, 0.2) is 84.0 Å². The lowest BCUT2D eigenvalue weighted by Crippen LogP contribution is -2.26. The summed E-state index contributed by atoms with van der Waals surface area (Å²) in [6.07, 6.45) is 3.93. The number of pyridine rings is 3. The molecule has 8 nitrogen and oxygen atoms in total. The molecule has 0 spiro atoms. The summed E-state index contributed by atoms with van der Waals surface area (Å²) in [5.41, 5.74) is 0.189. The van der Waals surface area contributed by atoms with Crippen molar-refractivity contribution in [3.8, 4) is 28.4 Å². The highest BCUT2D eigenvalue weighted by Gasteiger charge is 2.22. The first-order valence-electron chi connectivity index (χ1n) is 11.9. The molecule has 5 aromatic rings. The van der Waals surface area contributed by atoms with Crippen molar-refractivity contribution < 1.29 is 27.4 Å². The SMILES string of the molecule is COc1cnc2c(Oc3ccc(NC(=O)c4cn(C(F)F)c(C)c(-c5ccc(F)cc5)c4=O)cc3)ccnc2c1. The molecule has 0 bridgehead atoms. The molecule has 0 atom stereocenters. The summed E-state index contributed by atoms with van der Waals surface area (Å²) < 4.78 is 52.6. The molecule has 0 aliphatic heterocycles. The van der Waals surface area contributed by atoms with E-state index in [2.05, 4.69) is 15.3 Å². The number of alkyl halides is 2. The molecular formula is C29H21F3N4O4. The largest absolute Gasteiger partial charge is 0.495 e. The Balaban J connectivity index is 1.40. The third-order valence-corrected chi connectivity index (χ3v) is 6.17. The van der Waals surface area contributed by atoms with Crippen LogP contribution in [0.3, 0.4) is 0 Å². The third kappa shape index (κ3) is 5.21. The molecule has 1 amide bonds. The number of amides is 1. The molecule has 0 saturated heterocycles. The maximum Gasteiger partial charge on any atom is 0.318 e. The van der Waals surface area contributed by atoms with Crippen LogP contribution in [0, 0.1) is 12.7 Å². The number of nitrogens with zero attached hydrogens (tertiary/aromatic N) is 3. The van der Waals surface area contributed by atoms with Crippen LogP contribution in [0.1, 0.15) is 22.6 Å². The molecule has 0 aliphatic carbocycles. The van der Waals surface area contributed by atoms with Gasteiger partial charge in [-0.1, -0.05) is 12.1 Å². The lowest BCUT2D eigenvalue weighted by atomic mass is 10.0. The van der Waals surface area contributed by atoms with E-state index in [9.17, 15) is 22.8 Å². The Hall–Kier alpha value is -5.19. The van der Waals surface area contributed by atoms with Crippen LogP contribution in [0.5, 0.6) is 17.2 Å². The Morgan fingerprint density at radius 2 is 1.73 bits per heavy atom. The molecule has 0 radical (unpaired) electrons. The van der Waals surface area contributed by atoms with Gasteiger partial charge in [0.05, 0.1) is 18.8 Å². The van der Waals surface area contributed by atoms with Gasteiger partial charge in [0, 0.05) is 41.5 Å². The predicted molar refractivity (Wildman–Crippen MR) is 143 cm³/mol. The molecule has 202 valence electrons. The summed E-state index contributed by atoms with van der Waals surface area (Å²) in [6, 6.07) is 14.4. The zero-order chi connectivity index (χ0) is 28.4. The quantitative estimate of drug-likeness (QED) is 0.256.